The van der Waals surface area contributed by atoms with Crippen molar-refractivity contribution < 1.29 is 26.4 Å². The van der Waals surface area contributed by atoms with Crippen LogP contribution in [0.5, 0.6) is 0 Å². The first-order chi connectivity index (χ1) is 13.8. The van der Waals surface area contributed by atoms with Gasteiger partial charge in [-0.3, -0.25) is 15.2 Å². The van der Waals surface area contributed by atoms with Crippen LogP contribution >= 0.6 is 0 Å². The molecule has 2 aromatic rings. The molecule has 0 unspecified atom stereocenters. The molecule has 2 heterocycles. The first-order valence-electron chi connectivity index (χ1n) is 8.60. The molecule has 160 valence electrons. The van der Waals surface area contributed by atoms with E-state index in [2.05, 4.69) is 15.6 Å². The summed E-state index contributed by atoms with van der Waals surface area (Å²) in [7, 11) is -2.43. The van der Waals surface area contributed by atoms with E-state index in [0.717, 1.165) is 16.4 Å². The Morgan fingerprint density at radius 2 is 2.00 bits per heavy atom. The van der Waals surface area contributed by atoms with Crippen LogP contribution in [-0.2, 0) is 21.7 Å². The second-order valence-corrected chi connectivity index (χ2v) is 8.99. The number of rotatable bonds is 3. The van der Waals surface area contributed by atoms with Crippen molar-refractivity contribution in [2.24, 2.45) is 0 Å². The van der Waals surface area contributed by atoms with Crippen molar-refractivity contribution in [1.82, 2.24) is 14.6 Å². The highest BCUT2D eigenvalue weighted by molar-refractivity contribution is 7.89. The molecular formula is C18H18F3N5O3S. The van der Waals surface area contributed by atoms with Crippen LogP contribution in [0.4, 0.5) is 18.9 Å². The van der Waals surface area contributed by atoms with Crippen LogP contribution < -0.4 is 10.6 Å². The fourth-order valence-electron chi connectivity index (χ4n) is 2.96. The van der Waals surface area contributed by atoms with E-state index in [1.165, 1.54) is 13.1 Å². The molecule has 1 saturated heterocycles. The molecule has 1 aromatic heterocycles. The van der Waals surface area contributed by atoms with Crippen molar-refractivity contribution in [3.05, 3.63) is 59.4 Å². The second-order valence-electron chi connectivity index (χ2n) is 6.99. The first-order valence-corrected chi connectivity index (χ1v) is 10.2. The summed E-state index contributed by atoms with van der Waals surface area (Å²) in [4.78, 5) is 15.9. The Morgan fingerprint density at radius 3 is 2.57 bits per heavy atom. The van der Waals surface area contributed by atoms with Crippen LogP contribution in [0, 0.1) is 5.41 Å². The van der Waals surface area contributed by atoms with Gasteiger partial charge in [0.05, 0.1) is 16.9 Å². The summed E-state index contributed by atoms with van der Waals surface area (Å²) in [6, 6.07) is 8.04. The Kier molecular flexibility index (Phi) is 5.23. The molecule has 0 radical (unpaired) electrons. The topological polar surface area (TPSA) is 115 Å². The third-order valence-electron chi connectivity index (χ3n) is 4.68. The van der Waals surface area contributed by atoms with Gasteiger partial charge in [-0.15, -0.1) is 0 Å². The maximum Gasteiger partial charge on any atom is 0.417 e. The average Bonchev–Trinajstić information content (AvgIpc) is 2.65. The van der Waals surface area contributed by atoms with Gasteiger partial charge in [-0.05, 0) is 36.8 Å². The van der Waals surface area contributed by atoms with E-state index in [-0.39, 0.29) is 17.4 Å². The average molecular weight is 441 g/mol. The van der Waals surface area contributed by atoms with Crippen molar-refractivity contribution in [2.45, 2.75) is 18.6 Å². The van der Waals surface area contributed by atoms with Crippen LogP contribution in [0.3, 0.4) is 0 Å². The number of amides is 1. The quantitative estimate of drug-likeness (QED) is 0.677. The summed E-state index contributed by atoms with van der Waals surface area (Å²) in [5.74, 6) is -1.31. The molecule has 0 spiro atoms. The van der Waals surface area contributed by atoms with Gasteiger partial charge in [0.15, 0.2) is 0 Å². The van der Waals surface area contributed by atoms with Crippen LogP contribution in [0.1, 0.15) is 28.5 Å². The number of nitrogens with one attached hydrogen (secondary N) is 3. The third kappa shape index (κ3) is 4.22. The van der Waals surface area contributed by atoms with E-state index in [1.807, 2.05) is 0 Å². The molecule has 3 rings (SSSR count). The van der Waals surface area contributed by atoms with Gasteiger partial charge in [0.2, 0.25) is 16.0 Å². The number of guanidine groups is 1. The summed E-state index contributed by atoms with van der Waals surface area (Å²) in [6.07, 6.45) is -3.98. The van der Waals surface area contributed by atoms with Crippen molar-refractivity contribution in [1.29, 1.82) is 5.41 Å². The normalized spacial score (nSPS) is 21.1. The lowest BCUT2D eigenvalue weighted by molar-refractivity contribution is -0.137. The molecule has 1 aromatic carbocycles. The van der Waals surface area contributed by atoms with E-state index in [1.54, 1.807) is 25.1 Å². The highest BCUT2D eigenvalue weighted by Crippen LogP contribution is 2.30. The zero-order valence-corrected chi connectivity index (χ0v) is 16.7. The number of carbonyl (C=O) groups excluding carboxylic acids is 1. The number of hydrogen-bond acceptors (Lipinski definition) is 5. The fourth-order valence-corrected chi connectivity index (χ4v) is 4.45. The maximum atomic E-state index is 12.6. The molecule has 12 heteroatoms. The number of nitrogens with zero attached hydrogens (tertiary/aromatic N) is 2. The summed E-state index contributed by atoms with van der Waals surface area (Å²) in [6.45, 7) is 1.62. The molecule has 0 bridgehead atoms. The van der Waals surface area contributed by atoms with Gasteiger partial charge >= 0.3 is 6.18 Å². The standard InChI is InChI=1S/C18H18F3N5O3S/c1-17(10-30(28,29)26(2)16(22)25-17)11-4-3-5-13(8-11)24-15(27)14-7-6-12(9-23-14)18(19,20)21/h3-9H,10H2,1-2H3,(H2,22,25)(H,24,27)/t17-/m0/s1. The first kappa shape index (κ1) is 21.6. The molecule has 8 nitrogen and oxygen atoms in total. The summed E-state index contributed by atoms with van der Waals surface area (Å²) >= 11 is 0. The van der Waals surface area contributed by atoms with Gasteiger partial charge in [-0.25, -0.2) is 12.7 Å². The minimum atomic E-state index is -4.55. The lowest BCUT2D eigenvalue weighted by atomic mass is 9.93. The monoisotopic (exact) mass is 441 g/mol. The fraction of sp³-hybridized carbons (Fsp3) is 0.278. The number of pyridine rings is 1. The minimum Gasteiger partial charge on any atom is -0.345 e. The van der Waals surface area contributed by atoms with Gasteiger partial charge in [0.1, 0.15) is 5.69 Å². The van der Waals surface area contributed by atoms with Crippen molar-refractivity contribution >= 4 is 27.6 Å². The maximum absolute atomic E-state index is 12.6. The van der Waals surface area contributed by atoms with Crippen molar-refractivity contribution in [3.63, 3.8) is 0 Å². The van der Waals surface area contributed by atoms with Crippen molar-refractivity contribution in [2.75, 3.05) is 18.1 Å². The lowest BCUT2D eigenvalue weighted by Crippen LogP contribution is -2.60. The van der Waals surface area contributed by atoms with E-state index in [4.69, 9.17) is 5.41 Å². The number of hydrogen-bond donors (Lipinski definition) is 3. The van der Waals surface area contributed by atoms with Gasteiger partial charge < -0.3 is 10.6 Å². The molecule has 1 aliphatic rings. The molecule has 0 saturated carbocycles. The Morgan fingerprint density at radius 1 is 1.30 bits per heavy atom. The SMILES string of the molecule is CN1C(=N)N[C@](C)(c2cccc(NC(=O)c3ccc(C(F)(F)F)cn3)c2)CS1(=O)=O. The zero-order valence-electron chi connectivity index (χ0n) is 15.9. The summed E-state index contributed by atoms with van der Waals surface area (Å²) < 4.78 is 63.3. The van der Waals surface area contributed by atoms with E-state index >= 15 is 0 Å². The van der Waals surface area contributed by atoms with E-state index in [9.17, 15) is 26.4 Å². The van der Waals surface area contributed by atoms with Gasteiger partial charge in [0.25, 0.3) is 5.91 Å². The molecule has 30 heavy (non-hydrogen) atoms. The van der Waals surface area contributed by atoms with Gasteiger partial charge in [-0.1, -0.05) is 12.1 Å². The third-order valence-corrected chi connectivity index (χ3v) is 6.64. The number of alkyl halides is 3. The smallest absolute Gasteiger partial charge is 0.345 e. The molecular weight excluding hydrogens is 423 g/mol. The molecule has 1 atom stereocenters. The summed E-state index contributed by atoms with van der Waals surface area (Å²) in [5.41, 5.74) is -1.49. The largest absolute Gasteiger partial charge is 0.417 e. The number of carbonyl (C=O) groups is 1. The number of halogens is 3. The second kappa shape index (κ2) is 7.27. The summed E-state index contributed by atoms with van der Waals surface area (Å²) in [5, 5.41) is 13.2. The zero-order chi connectivity index (χ0) is 22.3. The number of benzene rings is 1. The molecule has 0 aliphatic carbocycles. The highest BCUT2D eigenvalue weighted by atomic mass is 32.2. The van der Waals surface area contributed by atoms with Gasteiger partial charge in [-0.2, -0.15) is 13.2 Å². The predicted molar refractivity (Wildman–Crippen MR) is 103 cm³/mol. The van der Waals surface area contributed by atoms with Crippen LogP contribution in [0.2, 0.25) is 0 Å². The van der Waals surface area contributed by atoms with E-state index in [0.29, 0.717) is 17.4 Å². The number of sulfonamides is 1. The predicted octanol–water partition coefficient (Wildman–Crippen LogP) is 2.37. The number of aromatic nitrogens is 1. The Bertz CT molecular complexity index is 1100. The number of anilines is 1. The minimum absolute atomic E-state index is 0.207. The van der Waals surface area contributed by atoms with Gasteiger partial charge in [0, 0.05) is 18.9 Å². The van der Waals surface area contributed by atoms with Crippen molar-refractivity contribution in [3.8, 4) is 0 Å². The van der Waals surface area contributed by atoms with E-state index < -0.39 is 33.2 Å². The molecule has 3 N–H and O–H groups in total. The Hall–Kier alpha value is -3.15. The Balaban J connectivity index is 1.82. The highest BCUT2D eigenvalue weighted by Gasteiger charge is 2.41. The molecule has 1 fully saturated rings. The van der Waals surface area contributed by atoms with Crippen LogP contribution in [0.15, 0.2) is 42.6 Å². The molecule has 1 amide bonds. The molecule has 1 aliphatic heterocycles. The Labute approximate surface area is 170 Å². The van der Waals surface area contributed by atoms with Crippen LogP contribution in [0.25, 0.3) is 0 Å². The lowest BCUT2D eigenvalue weighted by Gasteiger charge is -2.40. The van der Waals surface area contributed by atoms with Crippen LogP contribution in [-0.4, -0.2) is 42.4 Å².